The summed E-state index contributed by atoms with van der Waals surface area (Å²) in [4.78, 5) is 4.10. The molecule has 0 aromatic carbocycles. The summed E-state index contributed by atoms with van der Waals surface area (Å²) in [6.45, 7) is 6.72. The summed E-state index contributed by atoms with van der Waals surface area (Å²) in [6, 6.07) is 1.86. The summed E-state index contributed by atoms with van der Waals surface area (Å²) in [7, 11) is 0. The Balaban J connectivity index is 2.77. The molecule has 0 aliphatic carbocycles. The zero-order valence-electron chi connectivity index (χ0n) is 8.95. The number of rotatable bonds is 4. The SMILES string of the molecule is Cc1cc(OCC(C)C)c(CO)cn1. The molecule has 1 aromatic rings. The summed E-state index contributed by atoms with van der Waals surface area (Å²) in [6.07, 6.45) is 1.66. The highest BCUT2D eigenvalue weighted by Crippen LogP contribution is 2.19. The number of nitrogens with zero attached hydrogens (tertiary/aromatic N) is 1. The topological polar surface area (TPSA) is 42.4 Å². The van der Waals surface area contributed by atoms with E-state index < -0.39 is 0 Å². The Labute approximate surface area is 84.7 Å². The van der Waals surface area contributed by atoms with Gasteiger partial charge in [0.15, 0.2) is 0 Å². The van der Waals surface area contributed by atoms with E-state index >= 15 is 0 Å². The Morgan fingerprint density at radius 3 is 2.79 bits per heavy atom. The fourth-order valence-electron chi connectivity index (χ4n) is 1.07. The van der Waals surface area contributed by atoms with E-state index in [9.17, 15) is 0 Å². The lowest BCUT2D eigenvalue weighted by molar-refractivity contribution is 0.245. The number of aryl methyl sites for hydroxylation is 1. The van der Waals surface area contributed by atoms with Gasteiger partial charge < -0.3 is 9.84 Å². The van der Waals surface area contributed by atoms with Crippen molar-refractivity contribution in [2.75, 3.05) is 6.61 Å². The third-order valence-electron chi connectivity index (χ3n) is 1.82. The van der Waals surface area contributed by atoms with Crippen LogP contribution in [0.4, 0.5) is 0 Å². The third kappa shape index (κ3) is 3.00. The van der Waals surface area contributed by atoms with Crippen molar-refractivity contribution >= 4 is 0 Å². The van der Waals surface area contributed by atoms with Gasteiger partial charge in [0.25, 0.3) is 0 Å². The normalized spacial score (nSPS) is 10.6. The van der Waals surface area contributed by atoms with Gasteiger partial charge in [-0.2, -0.15) is 0 Å². The Morgan fingerprint density at radius 1 is 1.50 bits per heavy atom. The van der Waals surface area contributed by atoms with Crippen molar-refractivity contribution in [2.24, 2.45) is 5.92 Å². The highest BCUT2D eigenvalue weighted by molar-refractivity contribution is 5.32. The maximum absolute atomic E-state index is 9.05. The second kappa shape index (κ2) is 4.96. The van der Waals surface area contributed by atoms with Crippen LogP contribution in [0.2, 0.25) is 0 Å². The van der Waals surface area contributed by atoms with Gasteiger partial charge in [-0.3, -0.25) is 4.98 Å². The van der Waals surface area contributed by atoms with E-state index in [0.717, 1.165) is 17.0 Å². The fraction of sp³-hybridized carbons (Fsp3) is 0.545. The maximum Gasteiger partial charge on any atom is 0.128 e. The standard InChI is InChI=1S/C11H17NO2/c1-8(2)7-14-11-4-9(3)12-5-10(11)6-13/h4-5,8,13H,6-7H2,1-3H3. The van der Waals surface area contributed by atoms with Gasteiger partial charge in [0.05, 0.1) is 13.2 Å². The smallest absolute Gasteiger partial charge is 0.128 e. The molecule has 0 saturated heterocycles. The molecule has 1 rings (SSSR count). The van der Waals surface area contributed by atoms with Crippen LogP contribution in [0.5, 0.6) is 5.75 Å². The lowest BCUT2D eigenvalue weighted by Gasteiger charge is -2.12. The summed E-state index contributed by atoms with van der Waals surface area (Å²) < 4.78 is 5.57. The predicted octanol–water partition coefficient (Wildman–Crippen LogP) is 1.92. The monoisotopic (exact) mass is 195 g/mol. The van der Waals surface area contributed by atoms with E-state index in [1.807, 2.05) is 13.0 Å². The van der Waals surface area contributed by atoms with Crippen LogP contribution in [0.3, 0.4) is 0 Å². The molecule has 0 unspecified atom stereocenters. The van der Waals surface area contributed by atoms with Crippen LogP contribution in [0.1, 0.15) is 25.1 Å². The van der Waals surface area contributed by atoms with Gasteiger partial charge in [-0.15, -0.1) is 0 Å². The molecule has 0 spiro atoms. The molecule has 0 aliphatic heterocycles. The van der Waals surface area contributed by atoms with Crippen molar-refractivity contribution in [2.45, 2.75) is 27.4 Å². The first-order chi connectivity index (χ1) is 6.63. The highest BCUT2D eigenvalue weighted by atomic mass is 16.5. The zero-order valence-corrected chi connectivity index (χ0v) is 8.95. The minimum Gasteiger partial charge on any atom is -0.493 e. The highest BCUT2D eigenvalue weighted by Gasteiger charge is 2.04. The summed E-state index contributed by atoms with van der Waals surface area (Å²) >= 11 is 0. The lowest BCUT2D eigenvalue weighted by atomic mass is 10.2. The van der Waals surface area contributed by atoms with Crippen molar-refractivity contribution < 1.29 is 9.84 Å². The molecular weight excluding hydrogens is 178 g/mol. The second-order valence-corrected chi connectivity index (χ2v) is 3.80. The molecule has 0 bridgehead atoms. The fourth-order valence-corrected chi connectivity index (χ4v) is 1.07. The van der Waals surface area contributed by atoms with Crippen LogP contribution in [-0.2, 0) is 6.61 Å². The molecule has 1 N–H and O–H groups in total. The molecular formula is C11H17NO2. The van der Waals surface area contributed by atoms with E-state index in [1.54, 1.807) is 6.20 Å². The first-order valence-electron chi connectivity index (χ1n) is 4.82. The Hall–Kier alpha value is -1.09. The molecule has 3 nitrogen and oxygen atoms in total. The maximum atomic E-state index is 9.05. The molecule has 3 heteroatoms. The van der Waals surface area contributed by atoms with Crippen molar-refractivity contribution in [3.05, 3.63) is 23.5 Å². The van der Waals surface area contributed by atoms with E-state index in [4.69, 9.17) is 9.84 Å². The van der Waals surface area contributed by atoms with Gasteiger partial charge in [-0.05, 0) is 12.8 Å². The van der Waals surface area contributed by atoms with Gasteiger partial charge in [-0.1, -0.05) is 13.8 Å². The predicted molar refractivity (Wildman–Crippen MR) is 55.2 cm³/mol. The van der Waals surface area contributed by atoms with Crippen LogP contribution in [0, 0.1) is 12.8 Å². The summed E-state index contributed by atoms with van der Waals surface area (Å²) in [5, 5.41) is 9.05. The van der Waals surface area contributed by atoms with Crippen LogP contribution in [0.25, 0.3) is 0 Å². The van der Waals surface area contributed by atoms with Gasteiger partial charge >= 0.3 is 0 Å². The van der Waals surface area contributed by atoms with E-state index in [-0.39, 0.29) is 6.61 Å². The quantitative estimate of drug-likeness (QED) is 0.798. The van der Waals surface area contributed by atoms with Crippen molar-refractivity contribution in [1.29, 1.82) is 0 Å². The molecule has 0 aliphatic rings. The Morgan fingerprint density at radius 2 is 2.21 bits per heavy atom. The number of hydrogen-bond donors (Lipinski definition) is 1. The molecule has 14 heavy (non-hydrogen) atoms. The van der Waals surface area contributed by atoms with Crippen LogP contribution < -0.4 is 4.74 Å². The molecule has 0 saturated carbocycles. The molecule has 0 amide bonds. The molecule has 0 radical (unpaired) electrons. The van der Waals surface area contributed by atoms with Gasteiger partial charge in [0.2, 0.25) is 0 Å². The first-order valence-corrected chi connectivity index (χ1v) is 4.82. The van der Waals surface area contributed by atoms with Crippen LogP contribution in [-0.4, -0.2) is 16.7 Å². The molecule has 0 fully saturated rings. The van der Waals surface area contributed by atoms with Gasteiger partial charge in [-0.25, -0.2) is 0 Å². The average molecular weight is 195 g/mol. The number of hydrogen-bond acceptors (Lipinski definition) is 3. The minimum atomic E-state index is -0.0271. The zero-order chi connectivity index (χ0) is 10.6. The lowest BCUT2D eigenvalue weighted by Crippen LogP contribution is -2.06. The number of aliphatic hydroxyl groups excluding tert-OH is 1. The largest absolute Gasteiger partial charge is 0.493 e. The molecule has 1 aromatic heterocycles. The summed E-state index contributed by atoms with van der Waals surface area (Å²) in [5.41, 5.74) is 1.65. The van der Waals surface area contributed by atoms with Gasteiger partial charge in [0, 0.05) is 23.5 Å². The van der Waals surface area contributed by atoms with Crippen molar-refractivity contribution in [3.63, 3.8) is 0 Å². The van der Waals surface area contributed by atoms with E-state index in [2.05, 4.69) is 18.8 Å². The Kier molecular flexibility index (Phi) is 3.89. The van der Waals surface area contributed by atoms with Crippen molar-refractivity contribution in [3.8, 4) is 5.75 Å². The Bertz CT molecular complexity index is 297. The molecule has 1 heterocycles. The van der Waals surface area contributed by atoms with E-state index in [1.165, 1.54) is 0 Å². The third-order valence-corrected chi connectivity index (χ3v) is 1.82. The van der Waals surface area contributed by atoms with E-state index in [0.29, 0.717) is 12.5 Å². The number of pyridine rings is 1. The summed E-state index contributed by atoms with van der Waals surface area (Å²) in [5.74, 6) is 1.23. The van der Waals surface area contributed by atoms with Crippen LogP contribution in [0.15, 0.2) is 12.3 Å². The molecule has 0 atom stereocenters. The van der Waals surface area contributed by atoms with Crippen molar-refractivity contribution in [1.82, 2.24) is 4.98 Å². The average Bonchev–Trinajstić information content (AvgIpc) is 2.15. The number of aliphatic hydroxyl groups is 1. The first kappa shape index (κ1) is 11.0. The van der Waals surface area contributed by atoms with Crippen LogP contribution >= 0.6 is 0 Å². The number of aromatic nitrogens is 1. The molecule has 78 valence electrons. The number of ether oxygens (including phenoxy) is 1. The minimum absolute atomic E-state index is 0.0271. The second-order valence-electron chi connectivity index (χ2n) is 3.80. The van der Waals surface area contributed by atoms with Gasteiger partial charge in [0.1, 0.15) is 5.75 Å².